The first-order chi connectivity index (χ1) is 13.7. The lowest BCUT2D eigenvalue weighted by Gasteiger charge is -2.31. The molecule has 1 amide bonds. The molecule has 2 aromatic rings. The molecule has 0 aliphatic carbocycles. The van der Waals surface area contributed by atoms with Gasteiger partial charge in [0.15, 0.2) is 0 Å². The number of para-hydroxylation sites is 2. The average molecular weight is 384 g/mol. The van der Waals surface area contributed by atoms with Gasteiger partial charge in [0.2, 0.25) is 5.91 Å². The molecule has 0 saturated heterocycles. The second kappa shape index (κ2) is 9.99. The van der Waals surface area contributed by atoms with Crippen molar-refractivity contribution in [3.05, 3.63) is 54.1 Å². The van der Waals surface area contributed by atoms with E-state index in [-0.39, 0.29) is 5.91 Å². The molecule has 0 fully saturated rings. The zero-order valence-corrected chi connectivity index (χ0v) is 16.5. The number of fused-ring (bicyclic) bond motifs is 1. The molecule has 1 heterocycles. The number of ether oxygens (including phenoxy) is 3. The third kappa shape index (κ3) is 5.16. The number of hydrogen-bond donors (Lipinski definition) is 1. The molecule has 28 heavy (non-hydrogen) atoms. The number of benzene rings is 2. The van der Waals surface area contributed by atoms with Gasteiger partial charge in [0.25, 0.3) is 0 Å². The molecular formula is C22H28N2O4. The molecule has 0 saturated carbocycles. The highest BCUT2D eigenvalue weighted by Gasteiger charge is 2.18. The molecular weight excluding hydrogens is 356 g/mol. The standard InChI is InChI=1S/C22H28N2O4/c1-3-26-21(22(25)23-2)16-17-8-10-18(11-9-17)27-14-12-24-13-15-28-20-7-5-4-6-19(20)24/h4-11,21H,3,12-16H2,1-2H3,(H,23,25). The van der Waals surface area contributed by atoms with Gasteiger partial charge in [-0.25, -0.2) is 0 Å². The average Bonchev–Trinajstić information content (AvgIpc) is 2.74. The molecule has 0 bridgehead atoms. The SMILES string of the molecule is CCOC(Cc1ccc(OCCN2CCOc3ccccc32)cc1)C(=O)NC. The molecule has 1 N–H and O–H groups in total. The van der Waals surface area contributed by atoms with Crippen LogP contribution in [-0.2, 0) is 16.0 Å². The number of carbonyl (C=O) groups is 1. The van der Waals surface area contributed by atoms with E-state index < -0.39 is 6.10 Å². The van der Waals surface area contributed by atoms with Gasteiger partial charge in [0, 0.05) is 20.1 Å². The lowest BCUT2D eigenvalue weighted by Crippen LogP contribution is -2.35. The fraction of sp³-hybridized carbons (Fsp3) is 0.409. The lowest BCUT2D eigenvalue weighted by molar-refractivity contribution is -0.131. The summed E-state index contributed by atoms with van der Waals surface area (Å²) in [6.45, 7) is 5.33. The molecule has 0 aromatic heterocycles. The number of nitrogens with one attached hydrogen (secondary N) is 1. The Hall–Kier alpha value is -2.73. The predicted molar refractivity (Wildman–Crippen MR) is 109 cm³/mol. The monoisotopic (exact) mass is 384 g/mol. The van der Waals surface area contributed by atoms with Crippen molar-refractivity contribution < 1.29 is 19.0 Å². The second-order valence-electron chi connectivity index (χ2n) is 6.56. The van der Waals surface area contributed by atoms with Crippen LogP contribution in [0.15, 0.2) is 48.5 Å². The van der Waals surface area contributed by atoms with Gasteiger partial charge >= 0.3 is 0 Å². The van der Waals surface area contributed by atoms with Crippen LogP contribution in [-0.4, -0.2) is 52.0 Å². The number of rotatable bonds is 9. The first kappa shape index (κ1) is 20.0. The van der Waals surface area contributed by atoms with Crippen LogP contribution >= 0.6 is 0 Å². The third-order valence-corrected chi connectivity index (χ3v) is 4.71. The summed E-state index contributed by atoms with van der Waals surface area (Å²) in [5.41, 5.74) is 2.15. The van der Waals surface area contributed by atoms with Gasteiger partial charge in [0.05, 0.1) is 18.8 Å². The highest BCUT2D eigenvalue weighted by molar-refractivity contribution is 5.80. The predicted octanol–water partition coefficient (Wildman–Crippen LogP) is 2.66. The van der Waals surface area contributed by atoms with E-state index in [1.807, 2.05) is 49.4 Å². The topological polar surface area (TPSA) is 60.0 Å². The molecule has 3 rings (SSSR count). The summed E-state index contributed by atoms with van der Waals surface area (Å²) in [4.78, 5) is 14.2. The zero-order valence-electron chi connectivity index (χ0n) is 16.5. The maximum absolute atomic E-state index is 11.9. The number of hydrogen-bond acceptors (Lipinski definition) is 5. The van der Waals surface area contributed by atoms with Gasteiger partial charge in [-0.3, -0.25) is 4.79 Å². The molecule has 0 spiro atoms. The van der Waals surface area contributed by atoms with E-state index in [0.29, 0.717) is 26.2 Å². The Morgan fingerprint density at radius 3 is 2.75 bits per heavy atom. The van der Waals surface area contributed by atoms with Gasteiger partial charge in [-0.2, -0.15) is 0 Å². The summed E-state index contributed by atoms with van der Waals surface area (Å²) in [6, 6.07) is 15.9. The zero-order chi connectivity index (χ0) is 19.8. The summed E-state index contributed by atoms with van der Waals surface area (Å²) in [5.74, 6) is 1.64. The number of nitrogens with zero attached hydrogens (tertiary/aromatic N) is 1. The van der Waals surface area contributed by atoms with E-state index in [2.05, 4.69) is 16.3 Å². The fourth-order valence-corrected chi connectivity index (χ4v) is 3.26. The number of carbonyl (C=O) groups excluding carboxylic acids is 1. The number of amides is 1. The molecule has 2 aromatic carbocycles. The van der Waals surface area contributed by atoms with E-state index in [4.69, 9.17) is 14.2 Å². The Labute approximate surface area is 166 Å². The van der Waals surface area contributed by atoms with E-state index >= 15 is 0 Å². The second-order valence-corrected chi connectivity index (χ2v) is 6.56. The van der Waals surface area contributed by atoms with Gasteiger partial charge in [-0.1, -0.05) is 24.3 Å². The molecule has 6 nitrogen and oxygen atoms in total. The first-order valence-corrected chi connectivity index (χ1v) is 9.73. The Balaban J connectivity index is 1.50. The summed E-state index contributed by atoms with van der Waals surface area (Å²) in [7, 11) is 1.62. The van der Waals surface area contributed by atoms with Crippen LogP contribution in [0, 0.1) is 0 Å². The van der Waals surface area contributed by atoms with Crippen molar-refractivity contribution in [1.82, 2.24) is 5.32 Å². The number of likely N-dealkylation sites (N-methyl/N-ethyl adjacent to an activating group) is 1. The van der Waals surface area contributed by atoms with Crippen LogP contribution in [0.5, 0.6) is 11.5 Å². The van der Waals surface area contributed by atoms with Crippen molar-refractivity contribution in [3.8, 4) is 11.5 Å². The molecule has 1 atom stereocenters. The maximum atomic E-state index is 11.9. The lowest BCUT2D eigenvalue weighted by atomic mass is 10.1. The van der Waals surface area contributed by atoms with Gasteiger partial charge in [0.1, 0.15) is 30.8 Å². The van der Waals surface area contributed by atoms with Crippen LogP contribution in [0.1, 0.15) is 12.5 Å². The first-order valence-electron chi connectivity index (χ1n) is 9.73. The van der Waals surface area contributed by atoms with E-state index in [1.54, 1.807) is 7.05 Å². The Morgan fingerprint density at radius 1 is 1.21 bits per heavy atom. The number of anilines is 1. The highest BCUT2D eigenvalue weighted by atomic mass is 16.5. The van der Waals surface area contributed by atoms with Gasteiger partial charge in [-0.15, -0.1) is 0 Å². The largest absolute Gasteiger partial charge is 0.492 e. The van der Waals surface area contributed by atoms with Crippen molar-refractivity contribution in [2.75, 3.05) is 44.9 Å². The van der Waals surface area contributed by atoms with Crippen LogP contribution in [0.2, 0.25) is 0 Å². The van der Waals surface area contributed by atoms with E-state index in [9.17, 15) is 4.79 Å². The summed E-state index contributed by atoms with van der Waals surface area (Å²) >= 11 is 0. The van der Waals surface area contributed by atoms with Crippen molar-refractivity contribution in [2.24, 2.45) is 0 Å². The minimum atomic E-state index is -0.469. The van der Waals surface area contributed by atoms with E-state index in [1.165, 1.54) is 0 Å². The van der Waals surface area contributed by atoms with Crippen molar-refractivity contribution in [3.63, 3.8) is 0 Å². The maximum Gasteiger partial charge on any atom is 0.249 e. The van der Waals surface area contributed by atoms with Gasteiger partial charge < -0.3 is 24.4 Å². The van der Waals surface area contributed by atoms with Crippen molar-refractivity contribution >= 4 is 11.6 Å². The molecule has 1 aliphatic heterocycles. The molecule has 0 radical (unpaired) electrons. The van der Waals surface area contributed by atoms with Crippen molar-refractivity contribution in [2.45, 2.75) is 19.4 Å². The summed E-state index contributed by atoms with van der Waals surface area (Å²) in [5, 5.41) is 2.65. The van der Waals surface area contributed by atoms with E-state index in [0.717, 1.165) is 35.8 Å². The van der Waals surface area contributed by atoms with Crippen molar-refractivity contribution in [1.29, 1.82) is 0 Å². The minimum Gasteiger partial charge on any atom is -0.492 e. The Morgan fingerprint density at radius 2 is 2.00 bits per heavy atom. The van der Waals surface area contributed by atoms with Crippen LogP contribution in [0.3, 0.4) is 0 Å². The molecule has 1 aliphatic rings. The quantitative estimate of drug-likeness (QED) is 0.720. The Kier molecular flexibility index (Phi) is 7.14. The minimum absolute atomic E-state index is 0.104. The van der Waals surface area contributed by atoms with Gasteiger partial charge in [-0.05, 0) is 36.8 Å². The van der Waals surface area contributed by atoms with Crippen LogP contribution in [0.4, 0.5) is 5.69 Å². The molecule has 150 valence electrons. The third-order valence-electron chi connectivity index (χ3n) is 4.71. The Bertz CT molecular complexity index is 763. The normalized spacial score (nSPS) is 14.0. The summed E-state index contributed by atoms with van der Waals surface area (Å²) in [6.07, 6.45) is 0.0707. The fourth-order valence-electron chi connectivity index (χ4n) is 3.26. The highest BCUT2D eigenvalue weighted by Crippen LogP contribution is 2.30. The molecule has 1 unspecified atom stereocenters. The van der Waals surface area contributed by atoms with Crippen LogP contribution in [0.25, 0.3) is 0 Å². The smallest absolute Gasteiger partial charge is 0.249 e. The molecule has 6 heteroatoms. The van der Waals surface area contributed by atoms with Crippen LogP contribution < -0.4 is 19.7 Å². The summed E-state index contributed by atoms with van der Waals surface area (Å²) < 4.78 is 17.1.